The van der Waals surface area contributed by atoms with Crippen LogP contribution in [0, 0.1) is 6.92 Å². The Balaban J connectivity index is 1.30. The average molecular weight is 455 g/mol. The lowest BCUT2D eigenvalue weighted by Crippen LogP contribution is -2.15. The molecule has 4 rings (SSSR count). The van der Waals surface area contributed by atoms with Gasteiger partial charge in [-0.15, -0.1) is 21.5 Å². The number of furan rings is 1. The highest BCUT2D eigenvalue weighted by Crippen LogP contribution is 2.26. The van der Waals surface area contributed by atoms with Gasteiger partial charge in [-0.2, -0.15) is 0 Å². The normalized spacial score (nSPS) is 10.8. The SMILES string of the molecule is Cc1occc1C(=O)Nc1nc(CC(=O)Nc2ccc(Sc3nncn3C)cc2)cs1. The number of nitrogens with zero attached hydrogens (tertiary/aromatic N) is 4. The van der Waals surface area contributed by atoms with E-state index >= 15 is 0 Å². The predicted molar refractivity (Wildman–Crippen MR) is 117 cm³/mol. The third-order valence-electron chi connectivity index (χ3n) is 4.23. The lowest BCUT2D eigenvalue weighted by molar-refractivity contribution is -0.115. The number of carbonyl (C=O) groups is 2. The minimum atomic E-state index is -0.295. The van der Waals surface area contributed by atoms with Crippen molar-refractivity contribution in [2.75, 3.05) is 10.6 Å². The number of nitrogens with one attached hydrogen (secondary N) is 2. The first kappa shape index (κ1) is 20.8. The zero-order valence-electron chi connectivity index (χ0n) is 16.7. The van der Waals surface area contributed by atoms with Crippen molar-refractivity contribution in [3.8, 4) is 0 Å². The molecule has 0 saturated carbocycles. The Morgan fingerprint density at radius 3 is 2.68 bits per heavy atom. The van der Waals surface area contributed by atoms with E-state index in [1.165, 1.54) is 29.4 Å². The molecule has 0 aliphatic heterocycles. The minimum Gasteiger partial charge on any atom is -0.469 e. The second kappa shape index (κ2) is 9.14. The molecule has 3 heterocycles. The molecule has 9 nitrogen and oxygen atoms in total. The molecule has 0 unspecified atom stereocenters. The zero-order valence-corrected chi connectivity index (χ0v) is 18.3. The summed E-state index contributed by atoms with van der Waals surface area (Å²) in [7, 11) is 1.88. The van der Waals surface area contributed by atoms with Gasteiger partial charge in [0.15, 0.2) is 10.3 Å². The number of aromatic nitrogens is 4. The van der Waals surface area contributed by atoms with E-state index in [0.717, 1.165) is 10.1 Å². The molecule has 4 aromatic rings. The molecule has 2 N–H and O–H groups in total. The number of thiazole rings is 1. The quantitative estimate of drug-likeness (QED) is 0.437. The number of hydrogen-bond donors (Lipinski definition) is 2. The zero-order chi connectivity index (χ0) is 21.8. The Kier molecular flexibility index (Phi) is 6.14. The van der Waals surface area contributed by atoms with Crippen molar-refractivity contribution < 1.29 is 14.0 Å². The van der Waals surface area contributed by atoms with E-state index in [-0.39, 0.29) is 18.2 Å². The summed E-state index contributed by atoms with van der Waals surface area (Å²) in [5, 5.41) is 16.4. The summed E-state index contributed by atoms with van der Waals surface area (Å²) in [6, 6.07) is 9.07. The molecule has 0 fully saturated rings. The van der Waals surface area contributed by atoms with Gasteiger partial charge in [-0.25, -0.2) is 4.98 Å². The van der Waals surface area contributed by atoms with Gasteiger partial charge in [0, 0.05) is 23.0 Å². The molecule has 1 aromatic carbocycles. The van der Waals surface area contributed by atoms with Crippen molar-refractivity contribution in [3.05, 3.63) is 65.3 Å². The third-order valence-corrected chi connectivity index (χ3v) is 6.10. The summed E-state index contributed by atoms with van der Waals surface area (Å²) in [5.41, 5.74) is 1.72. The molecule has 2 amide bonds. The molecule has 0 spiro atoms. The van der Waals surface area contributed by atoms with Crippen LogP contribution in [0.15, 0.2) is 62.8 Å². The monoisotopic (exact) mass is 454 g/mol. The van der Waals surface area contributed by atoms with Crippen LogP contribution in [0.25, 0.3) is 0 Å². The van der Waals surface area contributed by atoms with Gasteiger partial charge in [0.05, 0.1) is 23.9 Å². The molecule has 0 atom stereocenters. The largest absolute Gasteiger partial charge is 0.469 e. The third kappa shape index (κ3) is 5.19. The molecular formula is C20H18N6O3S2. The number of hydrogen-bond acceptors (Lipinski definition) is 8. The van der Waals surface area contributed by atoms with Gasteiger partial charge in [-0.3, -0.25) is 14.9 Å². The van der Waals surface area contributed by atoms with Gasteiger partial charge in [0.1, 0.15) is 12.1 Å². The fourth-order valence-electron chi connectivity index (χ4n) is 2.68. The van der Waals surface area contributed by atoms with Crippen molar-refractivity contribution in [2.24, 2.45) is 7.05 Å². The first-order chi connectivity index (χ1) is 15.0. The van der Waals surface area contributed by atoms with Crippen molar-refractivity contribution in [1.29, 1.82) is 0 Å². The number of amides is 2. The maximum atomic E-state index is 12.4. The Labute approximate surface area is 185 Å². The molecule has 31 heavy (non-hydrogen) atoms. The smallest absolute Gasteiger partial charge is 0.260 e. The van der Waals surface area contributed by atoms with E-state index in [1.54, 1.807) is 24.7 Å². The maximum Gasteiger partial charge on any atom is 0.260 e. The molecule has 0 bridgehead atoms. The van der Waals surface area contributed by atoms with E-state index < -0.39 is 0 Å². The van der Waals surface area contributed by atoms with Crippen LogP contribution in [0.3, 0.4) is 0 Å². The molecule has 3 aromatic heterocycles. The summed E-state index contributed by atoms with van der Waals surface area (Å²) >= 11 is 2.75. The van der Waals surface area contributed by atoms with E-state index in [0.29, 0.717) is 27.8 Å². The fraction of sp³-hybridized carbons (Fsp3) is 0.150. The highest BCUT2D eigenvalue weighted by Gasteiger charge is 2.14. The van der Waals surface area contributed by atoms with Crippen molar-refractivity contribution in [1.82, 2.24) is 19.7 Å². The van der Waals surface area contributed by atoms with Gasteiger partial charge in [0.2, 0.25) is 5.91 Å². The average Bonchev–Trinajstić information content (AvgIpc) is 3.46. The topological polar surface area (TPSA) is 115 Å². The molecular weight excluding hydrogens is 436 g/mol. The molecule has 11 heteroatoms. The second-order valence-corrected chi connectivity index (χ2v) is 8.46. The van der Waals surface area contributed by atoms with Crippen LogP contribution in [0.2, 0.25) is 0 Å². The van der Waals surface area contributed by atoms with Crippen LogP contribution in [-0.2, 0) is 18.3 Å². The predicted octanol–water partition coefficient (Wildman–Crippen LogP) is 3.76. The summed E-state index contributed by atoms with van der Waals surface area (Å²) in [6.07, 6.45) is 3.21. The fourth-order valence-corrected chi connectivity index (χ4v) is 4.14. The Hall–Kier alpha value is -3.44. The van der Waals surface area contributed by atoms with Crippen molar-refractivity contribution in [3.63, 3.8) is 0 Å². The summed E-state index contributed by atoms with van der Waals surface area (Å²) in [6.45, 7) is 1.72. The van der Waals surface area contributed by atoms with Gasteiger partial charge >= 0.3 is 0 Å². The Bertz CT molecular complexity index is 1210. The van der Waals surface area contributed by atoms with Gasteiger partial charge < -0.3 is 14.3 Å². The molecule has 0 aliphatic rings. The van der Waals surface area contributed by atoms with Crippen molar-refractivity contribution >= 4 is 45.7 Å². The van der Waals surface area contributed by atoms with Crippen LogP contribution in [0.4, 0.5) is 10.8 Å². The van der Waals surface area contributed by atoms with Crippen LogP contribution < -0.4 is 10.6 Å². The number of carbonyl (C=O) groups excluding carboxylic acids is 2. The second-order valence-electron chi connectivity index (χ2n) is 6.56. The number of anilines is 2. The lowest BCUT2D eigenvalue weighted by atomic mass is 10.2. The number of benzene rings is 1. The van der Waals surface area contributed by atoms with Gasteiger partial charge in [0.25, 0.3) is 5.91 Å². The highest BCUT2D eigenvalue weighted by atomic mass is 32.2. The van der Waals surface area contributed by atoms with Crippen LogP contribution in [-0.4, -0.2) is 31.6 Å². The first-order valence-electron chi connectivity index (χ1n) is 9.19. The molecule has 0 radical (unpaired) electrons. The summed E-state index contributed by atoms with van der Waals surface area (Å²) in [4.78, 5) is 29.9. The van der Waals surface area contributed by atoms with E-state index in [2.05, 4.69) is 25.8 Å². The standard InChI is InChI=1S/C20H18N6O3S2/c1-12-16(7-8-29-12)18(28)24-19-23-14(10-30-19)9-17(27)22-13-3-5-15(6-4-13)31-20-25-21-11-26(20)2/h3-8,10-11H,9H2,1-2H3,(H,22,27)(H,23,24,28). The summed E-state index contributed by atoms with van der Waals surface area (Å²) < 4.78 is 6.97. The van der Waals surface area contributed by atoms with Gasteiger partial charge in [-0.05, 0) is 49.0 Å². The van der Waals surface area contributed by atoms with Gasteiger partial charge in [-0.1, -0.05) is 0 Å². The Morgan fingerprint density at radius 2 is 2.00 bits per heavy atom. The van der Waals surface area contributed by atoms with E-state index in [9.17, 15) is 9.59 Å². The Morgan fingerprint density at radius 1 is 1.19 bits per heavy atom. The van der Waals surface area contributed by atoms with E-state index in [4.69, 9.17) is 4.42 Å². The lowest BCUT2D eigenvalue weighted by Gasteiger charge is -2.06. The molecule has 0 aliphatic carbocycles. The van der Waals surface area contributed by atoms with Crippen LogP contribution in [0.5, 0.6) is 0 Å². The minimum absolute atomic E-state index is 0.104. The van der Waals surface area contributed by atoms with Crippen LogP contribution >= 0.6 is 23.1 Å². The van der Waals surface area contributed by atoms with Crippen molar-refractivity contribution in [2.45, 2.75) is 23.4 Å². The first-order valence-corrected chi connectivity index (χ1v) is 10.9. The highest BCUT2D eigenvalue weighted by molar-refractivity contribution is 7.99. The summed E-state index contributed by atoms with van der Waals surface area (Å²) in [5.74, 6) is 0.0492. The van der Waals surface area contributed by atoms with Crippen LogP contribution in [0.1, 0.15) is 21.8 Å². The number of rotatable bonds is 7. The molecule has 0 saturated heterocycles. The number of aryl methyl sites for hydroxylation is 2. The maximum absolute atomic E-state index is 12.4. The van der Waals surface area contributed by atoms with E-state index in [1.807, 2.05) is 35.9 Å². The molecule has 158 valence electrons.